The van der Waals surface area contributed by atoms with Gasteiger partial charge in [-0.05, 0) is 26.0 Å². The number of carbonyl (C=O) groups excluding carboxylic acids is 1. The highest BCUT2D eigenvalue weighted by Gasteiger charge is 2.33. The van der Waals surface area contributed by atoms with E-state index in [-0.39, 0.29) is 41.5 Å². The Balaban J connectivity index is 1.72. The van der Waals surface area contributed by atoms with Gasteiger partial charge in [-0.3, -0.25) is 4.90 Å². The quantitative estimate of drug-likeness (QED) is 0.750. The smallest absolute Gasteiger partial charge is 0.414 e. The molecule has 0 aromatic heterocycles. The summed E-state index contributed by atoms with van der Waals surface area (Å²) in [6.45, 7) is 2.74. The number of fused-ring (bicyclic) bond motifs is 2. The van der Waals surface area contributed by atoms with Crippen molar-refractivity contribution in [3.05, 3.63) is 41.0 Å². The Morgan fingerprint density at radius 3 is 2.31 bits per heavy atom. The molecule has 0 unspecified atom stereocenters. The van der Waals surface area contributed by atoms with Crippen LogP contribution in [0, 0.1) is 25.5 Å². The van der Waals surface area contributed by atoms with E-state index in [4.69, 9.17) is 19.3 Å². The van der Waals surface area contributed by atoms with Crippen molar-refractivity contribution in [3.63, 3.8) is 0 Å². The Labute approximate surface area is 147 Å². The second-order valence-corrected chi connectivity index (χ2v) is 6.17. The lowest BCUT2D eigenvalue weighted by atomic mass is 10.1. The predicted molar refractivity (Wildman–Crippen MR) is 87.1 cm³/mol. The molecule has 0 saturated carbocycles. The molecule has 1 amide bonds. The molecule has 2 aliphatic heterocycles. The summed E-state index contributed by atoms with van der Waals surface area (Å²) < 4.78 is 44.4. The molecule has 8 heteroatoms. The largest absolute Gasteiger partial charge is 0.449 e. The van der Waals surface area contributed by atoms with Crippen LogP contribution in [-0.4, -0.2) is 30.5 Å². The van der Waals surface area contributed by atoms with Gasteiger partial charge < -0.3 is 19.3 Å². The number of ether oxygens (including phenoxy) is 3. The van der Waals surface area contributed by atoms with Crippen molar-refractivity contribution in [2.75, 3.05) is 18.1 Å². The topological polar surface area (TPSA) is 68.2 Å². The van der Waals surface area contributed by atoms with E-state index in [1.165, 1.54) is 18.7 Å². The third-order valence-corrected chi connectivity index (χ3v) is 4.48. The number of hydrogen-bond donors (Lipinski definition) is 1. The number of hydrogen-bond acceptors (Lipinski definition) is 5. The lowest BCUT2D eigenvalue weighted by molar-refractivity contribution is 0.0963. The summed E-state index contributed by atoms with van der Waals surface area (Å²) in [4.78, 5) is 13.3. The molecular formula is C18H15F2NO5. The maximum Gasteiger partial charge on any atom is 0.414 e. The van der Waals surface area contributed by atoms with Crippen LogP contribution in [0.5, 0.6) is 23.0 Å². The van der Waals surface area contributed by atoms with Crippen molar-refractivity contribution in [3.8, 4) is 23.0 Å². The van der Waals surface area contributed by atoms with Gasteiger partial charge in [0.1, 0.15) is 6.10 Å². The molecule has 1 atom stereocenters. The fraction of sp³-hybridized carbons (Fsp3) is 0.278. The zero-order valence-electron chi connectivity index (χ0n) is 14.0. The Morgan fingerprint density at radius 1 is 1.12 bits per heavy atom. The molecule has 0 bridgehead atoms. The minimum absolute atomic E-state index is 0.0000739. The summed E-state index contributed by atoms with van der Waals surface area (Å²) in [5, 5.41) is 9.14. The van der Waals surface area contributed by atoms with Crippen LogP contribution in [0.15, 0.2) is 18.2 Å². The molecule has 2 aliphatic rings. The number of aliphatic hydroxyl groups is 1. The van der Waals surface area contributed by atoms with Crippen LogP contribution in [0.3, 0.4) is 0 Å². The number of carbonyl (C=O) groups is 1. The van der Waals surface area contributed by atoms with Crippen LogP contribution in [0.1, 0.15) is 11.1 Å². The van der Waals surface area contributed by atoms with Crippen LogP contribution < -0.4 is 14.4 Å². The number of nitrogens with zero attached hydrogens (tertiary/aromatic N) is 1. The number of halogens is 2. The molecule has 1 saturated heterocycles. The molecule has 6 nitrogen and oxygen atoms in total. The minimum atomic E-state index is -0.988. The molecule has 2 heterocycles. The van der Waals surface area contributed by atoms with E-state index in [0.29, 0.717) is 11.4 Å². The van der Waals surface area contributed by atoms with Gasteiger partial charge in [-0.1, -0.05) is 0 Å². The number of rotatable bonds is 2. The summed E-state index contributed by atoms with van der Waals surface area (Å²) >= 11 is 0. The fourth-order valence-electron chi connectivity index (χ4n) is 2.99. The SMILES string of the molecule is Cc1c(F)c(F)c(C)c2c1Oc1ccc(N3C[C@H](CO)OC3=O)cc1O2. The van der Waals surface area contributed by atoms with Crippen LogP contribution in [0.4, 0.5) is 19.3 Å². The zero-order valence-corrected chi connectivity index (χ0v) is 14.0. The average Bonchev–Trinajstić information content (AvgIpc) is 3.04. The highest BCUT2D eigenvalue weighted by Crippen LogP contribution is 2.50. The lowest BCUT2D eigenvalue weighted by Crippen LogP contribution is -2.25. The number of aliphatic hydroxyl groups excluding tert-OH is 1. The Bertz CT molecular complexity index is 931. The van der Waals surface area contributed by atoms with E-state index in [1.807, 2.05) is 0 Å². The predicted octanol–water partition coefficient (Wildman–Crippen LogP) is 3.80. The zero-order chi connectivity index (χ0) is 18.6. The lowest BCUT2D eigenvalue weighted by Gasteiger charge is -2.25. The van der Waals surface area contributed by atoms with E-state index in [2.05, 4.69) is 0 Å². The standard InChI is InChI=1S/C18H15F2NO5/c1-8-14(19)15(20)9(2)17-16(8)25-12-4-3-10(5-13(12)26-17)21-6-11(7-22)24-18(21)23/h3-5,11,22H,6-7H2,1-2H3/t11-/m1/s1. The highest BCUT2D eigenvalue weighted by molar-refractivity contribution is 5.90. The van der Waals surface area contributed by atoms with E-state index < -0.39 is 23.8 Å². The first-order valence-electron chi connectivity index (χ1n) is 7.97. The van der Waals surface area contributed by atoms with Crippen LogP contribution in [0.25, 0.3) is 0 Å². The Morgan fingerprint density at radius 2 is 1.73 bits per heavy atom. The van der Waals surface area contributed by atoms with Gasteiger partial charge in [0.05, 0.1) is 18.8 Å². The van der Waals surface area contributed by atoms with Crippen molar-refractivity contribution in [1.82, 2.24) is 0 Å². The first-order valence-corrected chi connectivity index (χ1v) is 7.97. The first-order chi connectivity index (χ1) is 12.4. The molecular weight excluding hydrogens is 348 g/mol. The van der Waals surface area contributed by atoms with E-state index in [0.717, 1.165) is 0 Å². The third-order valence-electron chi connectivity index (χ3n) is 4.48. The Hall–Kier alpha value is -2.87. The molecule has 136 valence electrons. The summed E-state index contributed by atoms with van der Waals surface area (Å²) in [6, 6.07) is 4.74. The fourth-order valence-corrected chi connectivity index (χ4v) is 2.99. The number of benzene rings is 2. The number of cyclic esters (lactones) is 1. The molecule has 4 rings (SSSR count). The van der Waals surface area contributed by atoms with Crippen molar-refractivity contribution < 1.29 is 32.9 Å². The monoisotopic (exact) mass is 363 g/mol. The average molecular weight is 363 g/mol. The molecule has 1 N–H and O–H groups in total. The van der Waals surface area contributed by atoms with Gasteiger partial charge in [-0.2, -0.15) is 0 Å². The summed E-state index contributed by atoms with van der Waals surface area (Å²) in [7, 11) is 0. The van der Waals surface area contributed by atoms with Crippen LogP contribution in [0.2, 0.25) is 0 Å². The van der Waals surface area contributed by atoms with Gasteiger partial charge in [-0.15, -0.1) is 0 Å². The normalized spacial score (nSPS) is 18.0. The van der Waals surface area contributed by atoms with Crippen molar-refractivity contribution in [1.29, 1.82) is 0 Å². The third kappa shape index (κ3) is 2.37. The summed E-state index contributed by atoms with van der Waals surface area (Å²) in [5.74, 6) is -1.14. The molecule has 2 aromatic rings. The molecule has 0 spiro atoms. The van der Waals surface area contributed by atoms with Gasteiger partial charge in [0.2, 0.25) is 0 Å². The second-order valence-electron chi connectivity index (χ2n) is 6.17. The highest BCUT2D eigenvalue weighted by atomic mass is 19.2. The molecule has 26 heavy (non-hydrogen) atoms. The first kappa shape index (κ1) is 16.6. The van der Waals surface area contributed by atoms with E-state index in [1.54, 1.807) is 18.2 Å². The maximum absolute atomic E-state index is 14.0. The molecule has 2 aromatic carbocycles. The molecule has 1 fully saturated rings. The summed E-state index contributed by atoms with van der Waals surface area (Å²) in [5.41, 5.74) is 0.500. The van der Waals surface area contributed by atoms with E-state index >= 15 is 0 Å². The van der Waals surface area contributed by atoms with Gasteiger partial charge in [0.15, 0.2) is 34.6 Å². The van der Waals surface area contributed by atoms with Gasteiger partial charge >= 0.3 is 6.09 Å². The number of anilines is 1. The van der Waals surface area contributed by atoms with Crippen LogP contribution in [-0.2, 0) is 4.74 Å². The van der Waals surface area contributed by atoms with Crippen molar-refractivity contribution in [2.45, 2.75) is 20.0 Å². The van der Waals surface area contributed by atoms with Crippen molar-refractivity contribution >= 4 is 11.8 Å². The van der Waals surface area contributed by atoms with Crippen LogP contribution >= 0.6 is 0 Å². The number of amides is 1. The second kappa shape index (κ2) is 5.84. The van der Waals surface area contributed by atoms with Gasteiger partial charge in [-0.25, -0.2) is 13.6 Å². The molecule has 0 radical (unpaired) electrons. The summed E-state index contributed by atoms with van der Waals surface area (Å²) in [6.07, 6.45) is -1.18. The van der Waals surface area contributed by atoms with Crippen molar-refractivity contribution in [2.24, 2.45) is 0 Å². The molecule has 0 aliphatic carbocycles. The van der Waals surface area contributed by atoms with Gasteiger partial charge in [0, 0.05) is 17.2 Å². The minimum Gasteiger partial charge on any atom is -0.449 e. The Kier molecular flexibility index (Phi) is 3.73. The van der Waals surface area contributed by atoms with E-state index in [9.17, 15) is 13.6 Å². The van der Waals surface area contributed by atoms with Gasteiger partial charge in [0.25, 0.3) is 0 Å². The maximum atomic E-state index is 14.0.